The molecule has 0 fully saturated rings. The van der Waals surface area contributed by atoms with E-state index in [1.807, 2.05) is 12.2 Å². The van der Waals surface area contributed by atoms with Crippen molar-refractivity contribution in [2.24, 2.45) is 0 Å². The molecule has 0 radical (unpaired) electrons. The molecule has 0 saturated heterocycles. The van der Waals surface area contributed by atoms with Crippen molar-refractivity contribution in [3.63, 3.8) is 0 Å². The van der Waals surface area contributed by atoms with Crippen molar-refractivity contribution >= 4 is 18.0 Å². The predicted octanol–water partition coefficient (Wildman–Crippen LogP) is 7.82. The highest BCUT2D eigenvalue weighted by molar-refractivity contribution is 5.84. The molecule has 1 atom stereocenters. The van der Waals surface area contributed by atoms with Crippen LogP contribution in [-0.4, -0.2) is 43.3 Å². The van der Waals surface area contributed by atoms with E-state index in [1.54, 1.807) is 20.8 Å². The van der Waals surface area contributed by atoms with Crippen LogP contribution in [0.1, 0.15) is 98.3 Å². The van der Waals surface area contributed by atoms with Crippen molar-refractivity contribution in [3.05, 3.63) is 72.9 Å². The normalized spacial score (nSPS) is 13.3. The Morgan fingerprint density at radius 2 is 1.22 bits per heavy atom. The minimum atomic E-state index is -0.695. The molecule has 0 aromatic carbocycles. The summed E-state index contributed by atoms with van der Waals surface area (Å²) >= 11 is 0. The topological polar surface area (TPSA) is 93.7 Å². The third-order valence-corrected chi connectivity index (χ3v) is 5.54. The molecule has 0 bridgehead atoms. The van der Waals surface area contributed by atoms with E-state index in [2.05, 4.69) is 78.3 Å². The number of hydrogen-bond acceptors (Lipinski definition) is 5. The Balaban J connectivity index is 4.03. The second kappa shape index (κ2) is 25.6. The lowest BCUT2D eigenvalue weighted by molar-refractivity contribution is -0.145. The van der Waals surface area contributed by atoms with E-state index in [1.165, 1.54) is 7.11 Å². The number of hydrogen-bond donors (Lipinski definition) is 2. The molecule has 0 aliphatic carbocycles. The average molecular weight is 571 g/mol. The summed E-state index contributed by atoms with van der Waals surface area (Å²) in [4.78, 5) is 36.1. The Morgan fingerprint density at radius 3 is 1.68 bits per heavy atom. The van der Waals surface area contributed by atoms with Crippen LogP contribution in [0.25, 0.3) is 0 Å². The van der Waals surface area contributed by atoms with Crippen LogP contribution in [0.3, 0.4) is 0 Å². The monoisotopic (exact) mass is 570 g/mol. The third-order valence-electron chi connectivity index (χ3n) is 5.54. The molecule has 0 aromatic rings. The number of ether oxygens (including phenoxy) is 2. The molecule has 41 heavy (non-hydrogen) atoms. The van der Waals surface area contributed by atoms with Gasteiger partial charge >= 0.3 is 12.1 Å². The molecule has 0 rings (SSSR count). The van der Waals surface area contributed by atoms with Crippen LogP contribution in [0.15, 0.2) is 72.9 Å². The van der Waals surface area contributed by atoms with E-state index in [4.69, 9.17) is 9.47 Å². The molecule has 0 spiro atoms. The lowest BCUT2D eigenvalue weighted by Gasteiger charge is -2.20. The number of amides is 2. The number of methoxy groups -OCH3 is 1. The number of rotatable bonds is 21. The van der Waals surface area contributed by atoms with E-state index in [-0.39, 0.29) is 5.91 Å². The van der Waals surface area contributed by atoms with Gasteiger partial charge in [-0.05, 0) is 85.0 Å². The van der Waals surface area contributed by atoms with Gasteiger partial charge in [0.05, 0.1) is 7.11 Å². The van der Waals surface area contributed by atoms with Crippen LogP contribution in [0, 0.1) is 0 Å². The van der Waals surface area contributed by atoms with Crippen molar-refractivity contribution in [2.45, 2.75) is 110 Å². The molecular weight excluding hydrogens is 516 g/mol. The van der Waals surface area contributed by atoms with Crippen LogP contribution in [0.5, 0.6) is 0 Å². The molecule has 0 unspecified atom stereocenters. The SMILES string of the molecule is CCC=CCC=CCC=CCC=CCC=CCC=CCCC(=O)N[C@@H](CCCCNC(=O)OC(C)(C)C)C(=O)OC. The van der Waals surface area contributed by atoms with Gasteiger partial charge < -0.3 is 20.1 Å². The zero-order chi connectivity index (χ0) is 30.6. The second-order valence-electron chi connectivity index (χ2n) is 10.5. The molecule has 7 heteroatoms. The van der Waals surface area contributed by atoms with E-state index in [0.717, 1.165) is 38.5 Å². The van der Waals surface area contributed by atoms with Gasteiger partial charge in [-0.25, -0.2) is 9.59 Å². The number of alkyl carbamates (subject to hydrolysis) is 1. The molecule has 2 N–H and O–H groups in total. The van der Waals surface area contributed by atoms with Crippen LogP contribution >= 0.6 is 0 Å². The van der Waals surface area contributed by atoms with E-state index in [9.17, 15) is 14.4 Å². The Labute approximate surface area is 248 Å². The molecule has 7 nitrogen and oxygen atoms in total. The van der Waals surface area contributed by atoms with Gasteiger partial charge in [-0.3, -0.25) is 4.79 Å². The first-order valence-electron chi connectivity index (χ1n) is 14.9. The molecule has 0 aliphatic heterocycles. The molecule has 2 amide bonds. The minimum Gasteiger partial charge on any atom is -0.467 e. The van der Waals surface area contributed by atoms with Crippen molar-refractivity contribution in [2.75, 3.05) is 13.7 Å². The fourth-order valence-corrected chi connectivity index (χ4v) is 3.49. The maximum atomic E-state index is 12.3. The Kier molecular flexibility index (Phi) is 23.5. The fraction of sp³-hybridized carbons (Fsp3) is 0.559. The molecular formula is C34H54N2O5. The van der Waals surface area contributed by atoms with Gasteiger partial charge in [0, 0.05) is 13.0 Å². The largest absolute Gasteiger partial charge is 0.467 e. The summed E-state index contributed by atoms with van der Waals surface area (Å²) in [7, 11) is 1.31. The summed E-state index contributed by atoms with van der Waals surface area (Å²) in [6.45, 7) is 7.98. The maximum Gasteiger partial charge on any atom is 0.407 e. The first kappa shape index (κ1) is 37.6. The lowest BCUT2D eigenvalue weighted by Crippen LogP contribution is -2.41. The van der Waals surface area contributed by atoms with E-state index < -0.39 is 23.7 Å². The van der Waals surface area contributed by atoms with Crippen molar-refractivity contribution in [3.8, 4) is 0 Å². The predicted molar refractivity (Wildman–Crippen MR) is 169 cm³/mol. The second-order valence-corrected chi connectivity index (χ2v) is 10.5. The molecule has 0 heterocycles. The number of carbonyl (C=O) groups is 3. The Bertz CT molecular complexity index is 891. The van der Waals surface area contributed by atoms with E-state index in [0.29, 0.717) is 38.6 Å². The quantitative estimate of drug-likeness (QED) is 0.0834. The molecule has 0 aromatic heterocycles. The van der Waals surface area contributed by atoms with Gasteiger partial charge in [0.25, 0.3) is 0 Å². The third kappa shape index (κ3) is 26.6. The van der Waals surface area contributed by atoms with Crippen molar-refractivity contribution < 1.29 is 23.9 Å². The van der Waals surface area contributed by atoms with Gasteiger partial charge in [-0.15, -0.1) is 0 Å². The molecule has 0 aliphatic rings. The van der Waals surface area contributed by atoms with Crippen molar-refractivity contribution in [1.82, 2.24) is 10.6 Å². The number of carbonyl (C=O) groups excluding carboxylic acids is 3. The summed E-state index contributed by atoms with van der Waals surface area (Å²) < 4.78 is 10.0. The fourth-order valence-electron chi connectivity index (χ4n) is 3.49. The minimum absolute atomic E-state index is 0.188. The van der Waals surface area contributed by atoms with Gasteiger partial charge in [0.2, 0.25) is 5.91 Å². The molecule has 230 valence electrons. The van der Waals surface area contributed by atoms with Gasteiger partial charge in [-0.2, -0.15) is 0 Å². The van der Waals surface area contributed by atoms with E-state index >= 15 is 0 Å². The average Bonchev–Trinajstić information content (AvgIpc) is 2.92. The Hall–Kier alpha value is -3.35. The number of esters is 1. The Morgan fingerprint density at radius 1 is 0.732 bits per heavy atom. The summed E-state index contributed by atoms with van der Waals surface area (Å²) in [5.74, 6) is -0.654. The zero-order valence-electron chi connectivity index (χ0n) is 26.0. The maximum absolute atomic E-state index is 12.3. The van der Waals surface area contributed by atoms with Crippen LogP contribution in [-0.2, 0) is 19.1 Å². The highest BCUT2D eigenvalue weighted by Crippen LogP contribution is 2.07. The summed E-state index contributed by atoms with van der Waals surface area (Å²) in [6.07, 6.45) is 33.7. The first-order valence-corrected chi connectivity index (χ1v) is 14.9. The number of unbranched alkanes of at least 4 members (excludes halogenated alkanes) is 1. The van der Waals surface area contributed by atoms with Crippen molar-refractivity contribution in [1.29, 1.82) is 0 Å². The zero-order valence-corrected chi connectivity index (χ0v) is 26.0. The van der Waals surface area contributed by atoms with Gasteiger partial charge in [0.15, 0.2) is 0 Å². The summed E-state index contributed by atoms with van der Waals surface area (Å²) in [5, 5.41) is 5.45. The number of nitrogens with one attached hydrogen (secondary N) is 2. The highest BCUT2D eigenvalue weighted by Gasteiger charge is 2.21. The van der Waals surface area contributed by atoms with Crippen LogP contribution in [0.4, 0.5) is 4.79 Å². The highest BCUT2D eigenvalue weighted by atomic mass is 16.6. The summed E-state index contributed by atoms with van der Waals surface area (Å²) in [6, 6.07) is -0.695. The van der Waals surface area contributed by atoms with Crippen LogP contribution < -0.4 is 10.6 Å². The van der Waals surface area contributed by atoms with Gasteiger partial charge in [-0.1, -0.05) is 79.8 Å². The standard InChI is InChI=1S/C34H54N2O5/c1-6-7-8-9-10-11-12-13-14-15-16-17-18-19-20-21-22-23-24-28-31(37)36-30(32(38)40-5)27-25-26-29-35-33(39)41-34(2,3)4/h7-8,10-11,13-14,16-17,19-20,22-23,30H,6,9,12,15,18,21,24-29H2,1-5H3,(H,35,39)(H,36,37)/t30-/m0/s1. The smallest absolute Gasteiger partial charge is 0.407 e. The van der Waals surface area contributed by atoms with Crippen LogP contribution in [0.2, 0.25) is 0 Å². The lowest BCUT2D eigenvalue weighted by atomic mass is 10.1. The first-order chi connectivity index (χ1) is 19.7. The number of allylic oxidation sites excluding steroid dienone is 12. The van der Waals surface area contributed by atoms with Gasteiger partial charge in [0.1, 0.15) is 11.6 Å². The molecule has 0 saturated carbocycles. The summed E-state index contributed by atoms with van der Waals surface area (Å²) in [5.41, 5.74) is -0.546.